The van der Waals surface area contributed by atoms with Gasteiger partial charge in [0.05, 0.1) is 16.4 Å². The molecule has 2 aromatic rings. The van der Waals surface area contributed by atoms with E-state index >= 15 is 0 Å². The number of imide groups is 1. The van der Waals surface area contributed by atoms with E-state index in [1.165, 1.54) is 28.3 Å². The molecular weight excluding hydrogens is 438 g/mol. The Bertz CT molecular complexity index is 1190. The molecule has 0 spiro atoms. The molecule has 0 aromatic heterocycles. The van der Waals surface area contributed by atoms with Crippen LogP contribution in [0.4, 0.5) is 16.2 Å². The molecular formula is C25H27N3O4S. The summed E-state index contributed by atoms with van der Waals surface area (Å²) in [7, 11) is 2.12. The number of carbonyl (C=O) groups is 2. The minimum absolute atomic E-state index is 0.0288. The van der Waals surface area contributed by atoms with Crippen LogP contribution in [0.15, 0.2) is 41.3 Å². The fourth-order valence-electron chi connectivity index (χ4n) is 4.57. The summed E-state index contributed by atoms with van der Waals surface area (Å²) in [6.07, 6.45) is 2.84. The average Bonchev–Trinajstić information content (AvgIpc) is 3.00. The lowest BCUT2D eigenvalue weighted by atomic mass is 9.79. The van der Waals surface area contributed by atoms with Crippen molar-refractivity contribution in [1.29, 1.82) is 0 Å². The van der Waals surface area contributed by atoms with Gasteiger partial charge < -0.3 is 4.90 Å². The standard InChI is InChI=1S/C25H27N3O4S/c1-15-10-21-20(16(2)13-25(3,4)26(21)5)11-18(15)12-22-23(29)27(24(30)33-22)14-17-6-8-19(9-7-17)28(31)32/h6-12,16H,13-14H2,1-5H3/b22-12-/t16-/m0/s1. The Morgan fingerprint density at radius 1 is 1.21 bits per heavy atom. The summed E-state index contributed by atoms with van der Waals surface area (Å²) in [5.41, 5.74) is 5.15. The van der Waals surface area contributed by atoms with Crippen LogP contribution in [0.5, 0.6) is 0 Å². The van der Waals surface area contributed by atoms with Gasteiger partial charge in [-0.2, -0.15) is 0 Å². The van der Waals surface area contributed by atoms with Crippen molar-refractivity contribution in [3.63, 3.8) is 0 Å². The number of amides is 2. The number of hydrogen-bond acceptors (Lipinski definition) is 6. The lowest BCUT2D eigenvalue weighted by Crippen LogP contribution is -2.45. The summed E-state index contributed by atoms with van der Waals surface area (Å²) in [6, 6.07) is 10.2. The molecule has 0 unspecified atom stereocenters. The Labute approximate surface area is 197 Å². The number of rotatable bonds is 4. The van der Waals surface area contributed by atoms with Gasteiger partial charge in [0.15, 0.2) is 0 Å². The van der Waals surface area contributed by atoms with Crippen molar-refractivity contribution in [3.8, 4) is 0 Å². The van der Waals surface area contributed by atoms with Gasteiger partial charge in [0.25, 0.3) is 16.8 Å². The van der Waals surface area contributed by atoms with Crippen molar-refractivity contribution >= 4 is 40.4 Å². The SMILES string of the molecule is Cc1cc2c(cc1/C=C1\SC(=O)N(Cc3ccc([N+](=O)[O-])cc3)C1=O)[C@@H](C)CC(C)(C)N2C. The quantitative estimate of drug-likeness (QED) is 0.319. The van der Waals surface area contributed by atoms with Crippen LogP contribution in [0.1, 0.15) is 55.4 Å². The van der Waals surface area contributed by atoms with E-state index in [9.17, 15) is 19.7 Å². The second-order valence-electron chi connectivity index (χ2n) is 9.44. The Morgan fingerprint density at radius 2 is 1.88 bits per heavy atom. The third-order valence-electron chi connectivity index (χ3n) is 6.67. The molecule has 1 saturated heterocycles. The largest absolute Gasteiger partial charge is 0.369 e. The van der Waals surface area contributed by atoms with Crippen LogP contribution in [-0.2, 0) is 11.3 Å². The first-order valence-electron chi connectivity index (χ1n) is 10.8. The van der Waals surface area contributed by atoms with E-state index in [0.717, 1.165) is 29.3 Å². The summed E-state index contributed by atoms with van der Waals surface area (Å²) in [5.74, 6) is 0.0444. The van der Waals surface area contributed by atoms with E-state index in [1.807, 2.05) is 13.0 Å². The molecule has 0 aliphatic carbocycles. The van der Waals surface area contributed by atoms with E-state index in [0.29, 0.717) is 16.4 Å². The molecule has 1 fully saturated rings. The number of hydrogen-bond donors (Lipinski definition) is 0. The van der Waals surface area contributed by atoms with Crippen LogP contribution in [0.2, 0.25) is 0 Å². The van der Waals surface area contributed by atoms with Gasteiger partial charge in [-0.05, 0) is 85.3 Å². The number of fused-ring (bicyclic) bond motifs is 1. The molecule has 2 aliphatic heterocycles. The summed E-state index contributed by atoms with van der Waals surface area (Å²) in [5, 5.41) is 10.5. The number of nitro groups is 1. The topological polar surface area (TPSA) is 83.8 Å². The number of nitro benzene ring substituents is 1. The zero-order chi connectivity index (χ0) is 24.1. The van der Waals surface area contributed by atoms with Crippen molar-refractivity contribution in [3.05, 3.63) is 73.7 Å². The Hall–Kier alpha value is -3.13. The van der Waals surface area contributed by atoms with Crippen LogP contribution in [0.3, 0.4) is 0 Å². The Balaban J connectivity index is 1.60. The maximum atomic E-state index is 13.0. The predicted octanol–water partition coefficient (Wildman–Crippen LogP) is 5.86. The highest BCUT2D eigenvalue weighted by atomic mass is 32.2. The first-order chi connectivity index (χ1) is 15.5. The van der Waals surface area contributed by atoms with Crippen LogP contribution >= 0.6 is 11.8 Å². The lowest BCUT2D eigenvalue weighted by Gasteiger charge is -2.45. The molecule has 2 aliphatic rings. The third-order valence-corrected chi connectivity index (χ3v) is 7.58. The van der Waals surface area contributed by atoms with Crippen molar-refractivity contribution in [1.82, 2.24) is 4.90 Å². The molecule has 1 atom stereocenters. The van der Waals surface area contributed by atoms with Crippen molar-refractivity contribution in [2.75, 3.05) is 11.9 Å². The minimum Gasteiger partial charge on any atom is -0.369 e. The molecule has 4 rings (SSSR count). The van der Waals surface area contributed by atoms with E-state index in [2.05, 4.69) is 44.9 Å². The van der Waals surface area contributed by atoms with Gasteiger partial charge in [-0.1, -0.05) is 19.1 Å². The van der Waals surface area contributed by atoms with Gasteiger partial charge in [-0.25, -0.2) is 0 Å². The summed E-state index contributed by atoms with van der Waals surface area (Å²) < 4.78 is 0. The number of nitrogens with zero attached hydrogens (tertiary/aromatic N) is 3. The number of benzene rings is 2. The van der Waals surface area contributed by atoms with Gasteiger partial charge in [0, 0.05) is 30.4 Å². The zero-order valence-electron chi connectivity index (χ0n) is 19.4. The second-order valence-corrected chi connectivity index (χ2v) is 10.4. The Kier molecular flexibility index (Phi) is 5.82. The number of anilines is 1. The van der Waals surface area contributed by atoms with Gasteiger partial charge in [0.1, 0.15) is 0 Å². The van der Waals surface area contributed by atoms with Gasteiger partial charge in [-0.15, -0.1) is 0 Å². The van der Waals surface area contributed by atoms with Crippen LogP contribution in [0, 0.1) is 17.0 Å². The molecule has 7 nitrogen and oxygen atoms in total. The molecule has 0 N–H and O–H groups in total. The predicted molar refractivity (Wildman–Crippen MR) is 131 cm³/mol. The number of carbonyl (C=O) groups excluding carboxylic acids is 2. The summed E-state index contributed by atoms with van der Waals surface area (Å²) in [6.45, 7) is 8.82. The molecule has 0 saturated carbocycles. The van der Waals surface area contributed by atoms with E-state index in [4.69, 9.17) is 0 Å². The highest BCUT2D eigenvalue weighted by Crippen LogP contribution is 2.44. The molecule has 2 aromatic carbocycles. The van der Waals surface area contributed by atoms with Crippen LogP contribution < -0.4 is 4.90 Å². The summed E-state index contributed by atoms with van der Waals surface area (Å²) in [4.78, 5) is 39.8. The van der Waals surface area contributed by atoms with E-state index in [-0.39, 0.29) is 28.9 Å². The highest BCUT2D eigenvalue weighted by molar-refractivity contribution is 8.18. The van der Waals surface area contributed by atoms with Crippen molar-refractivity contribution < 1.29 is 14.5 Å². The maximum absolute atomic E-state index is 13.0. The number of aryl methyl sites for hydroxylation is 1. The van der Waals surface area contributed by atoms with Gasteiger partial charge in [-0.3, -0.25) is 24.6 Å². The highest BCUT2D eigenvalue weighted by Gasteiger charge is 2.36. The molecule has 33 heavy (non-hydrogen) atoms. The van der Waals surface area contributed by atoms with Crippen LogP contribution in [0.25, 0.3) is 6.08 Å². The normalized spacial score (nSPS) is 21.0. The molecule has 8 heteroatoms. The van der Waals surface area contributed by atoms with Crippen LogP contribution in [-0.4, -0.2) is 33.6 Å². The first-order valence-corrected chi connectivity index (χ1v) is 11.7. The number of non-ortho nitro benzene ring substituents is 1. The smallest absolute Gasteiger partial charge is 0.293 e. The Morgan fingerprint density at radius 3 is 2.52 bits per heavy atom. The number of thioether (sulfide) groups is 1. The first kappa shape index (κ1) is 23.0. The fraction of sp³-hybridized carbons (Fsp3) is 0.360. The van der Waals surface area contributed by atoms with E-state index in [1.54, 1.807) is 12.1 Å². The molecule has 2 heterocycles. The molecule has 2 amide bonds. The molecule has 0 bridgehead atoms. The monoisotopic (exact) mass is 465 g/mol. The lowest BCUT2D eigenvalue weighted by molar-refractivity contribution is -0.384. The van der Waals surface area contributed by atoms with Gasteiger partial charge >= 0.3 is 0 Å². The van der Waals surface area contributed by atoms with Crippen molar-refractivity contribution in [2.45, 2.75) is 52.1 Å². The molecule has 0 radical (unpaired) electrons. The van der Waals surface area contributed by atoms with Gasteiger partial charge in [0.2, 0.25) is 0 Å². The zero-order valence-corrected chi connectivity index (χ0v) is 20.2. The maximum Gasteiger partial charge on any atom is 0.293 e. The molecule has 172 valence electrons. The van der Waals surface area contributed by atoms with E-state index < -0.39 is 4.92 Å². The third kappa shape index (κ3) is 4.27. The minimum atomic E-state index is -0.479. The van der Waals surface area contributed by atoms with Crippen molar-refractivity contribution in [2.24, 2.45) is 0 Å². The average molecular weight is 466 g/mol. The summed E-state index contributed by atoms with van der Waals surface area (Å²) >= 11 is 0.931. The second kappa shape index (κ2) is 8.33. The fourth-order valence-corrected chi connectivity index (χ4v) is 5.40.